The molecule has 10 heteroatoms. The molecule has 6 nitrogen and oxygen atoms in total. The van der Waals surface area contributed by atoms with Gasteiger partial charge in [-0.15, -0.1) is 24.0 Å². The Balaban J connectivity index is 0.00000676. The number of benzene rings is 1. The number of rotatable bonds is 7. The molecule has 27 heavy (non-hydrogen) atoms. The van der Waals surface area contributed by atoms with E-state index in [2.05, 4.69) is 15.6 Å². The minimum absolute atomic E-state index is 0. The van der Waals surface area contributed by atoms with E-state index in [-0.39, 0.29) is 41.0 Å². The number of hydrogen-bond donors (Lipinski definition) is 2. The molecule has 0 saturated carbocycles. The van der Waals surface area contributed by atoms with Crippen LogP contribution in [0.15, 0.2) is 23.2 Å². The molecule has 1 aromatic carbocycles. The molecule has 1 rings (SSSR count). The molecular weight excluding hydrogens is 504 g/mol. The zero-order valence-corrected chi connectivity index (χ0v) is 20.3. The molecule has 1 aromatic rings. The Morgan fingerprint density at radius 2 is 1.85 bits per heavy atom. The van der Waals surface area contributed by atoms with Crippen molar-refractivity contribution in [2.45, 2.75) is 37.8 Å². The number of hydrogen-bond acceptors (Lipinski definition) is 4. The van der Waals surface area contributed by atoms with Gasteiger partial charge in [0.05, 0.1) is 5.75 Å². The molecule has 0 bridgehead atoms. The molecule has 2 N–H and O–H groups in total. The largest absolute Gasteiger partial charge is 0.355 e. The first-order chi connectivity index (χ1) is 11.9. The second kappa shape index (κ2) is 11.3. The molecule has 0 aliphatic heterocycles. The topological polar surface area (TPSA) is 87.6 Å². The summed E-state index contributed by atoms with van der Waals surface area (Å²) in [5, 5.41) is 6.09. The maximum absolute atomic E-state index is 13.5. The van der Waals surface area contributed by atoms with Crippen LogP contribution in [0.2, 0.25) is 0 Å². The van der Waals surface area contributed by atoms with Gasteiger partial charge in [0.15, 0.2) is 15.8 Å². The number of nitrogens with one attached hydrogen (secondary N) is 2. The molecule has 0 radical (unpaired) electrons. The third kappa shape index (κ3) is 10.4. The van der Waals surface area contributed by atoms with Gasteiger partial charge in [-0.3, -0.25) is 9.20 Å². The van der Waals surface area contributed by atoms with E-state index in [0.717, 1.165) is 6.26 Å². The Morgan fingerprint density at radius 3 is 2.37 bits per heavy atom. The lowest BCUT2D eigenvalue weighted by molar-refractivity contribution is 0.599. The van der Waals surface area contributed by atoms with E-state index in [4.69, 9.17) is 0 Å². The first kappa shape index (κ1) is 26.2. The van der Waals surface area contributed by atoms with Crippen LogP contribution in [0.5, 0.6) is 0 Å². The number of guanidine groups is 1. The highest BCUT2D eigenvalue weighted by molar-refractivity contribution is 14.0. The van der Waals surface area contributed by atoms with Gasteiger partial charge in [0.25, 0.3) is 0 Å². The Labute approximate surface area is 181 Å². The SMILES string of the molecule is CN=C(NCCS(=O)C(C)(C)C)NCc1cc(F)ccc1CS(C)(=O)=O.I. The van der Waals surface area contributed by atoms with E-state index in [1.54, 1.807) is 7.05 Å². The standard InChI is InChI=1S/C17H28FN3O3S2.HI/c1-17(2,3)25(22)9-8-20-16(19-4)21-11-14-10-15(18)7-6-13(14)12-26(5,23)24;/h6-7,10H,8-9,11-12H2,1-5H3,(H2,19,20,21);1H. The minimum Gasteiger partial charge on any atom is -0.355 e. The van der Waals surface area contributed by atoms with Crippen LogP contribution in [-0.4, -0.2) is 48.9 Å². The van der Waals surface area contributed by atoms with Gasteiger partial charge in [0.2, 0.25) is 0 Å². The van der Waals surface area contributed by atoms with Gasteiger partial charge in [-0.1, -0.05) is 6.07 Å². The summed E-state index contributed by atoms with van der Waals surface area (Å²) in [6.07, 6.45) is 1.14. The van der Waals surface area contributed by atoms with Gasteiger partial charge in [-0.2, -0.15) is 0 Å². The molecule has 0 spiro atoms. The Bertz CT molecular complexity index is 778. The van der Waals surface area contributed by atoms with Gasteiger partial charge in [-0.25, -0.2) is 12.8 Å². The lowest BCUT2D eigenvalue weighted by Gasteiger charge is -2.19. The Hall–Kier alpha value is -0.750. The summed E-state index contributed by atoms with van der Waals surface area (Å²) in [6, 6.07) is 4.05. The molecule has 0 heterocycles. The number of halogens is 2. The fourth-order valence-electron chi connectivity index (χ4n) is 2.15. The third-order valence-corrected chi connectivity index (χ3v) is 6.30. The van der Waals surface area contributed by atoms with Crippen molar-refractivity contribution in [3.8, 4) is 0 Å². The highest BCUT2D eigenvalue weighted by Gasteiger charge is 2.18. The average Bonchev–Trinajstić information content (AvgIpc) is 2.50. The summed E-state index contributed by atoms with van der Waals surface area (Å²) in [6.45, 7) is 6.46. The molecule has 156 valence electrons. The maximum Gasteiger partial charge on any atom is 0.191 e. The van der Waals surface area contributed by atoms with Crippen molar-refractivity contribution in [1.29, 1.82) is 0 Å². The van der Waals surface area contributed by atoms with Crippen LogP contribution in [-0.2, 0) is 32.9 Å². The first-order valence-electron chi connectivity index (χ1n) is 8.20. The Morgan fingerprint density at radius 1 is 1.22 bits per heavy atom. The molecule has 0 amide bonds. The Kier molecular flexibility index (Phi) is 11.0. The van der Waals surface area contributed by atoms with Crippen molar-refractivity contribution in [3.05, 3.63) is 35.1 Å². The minimum atomic E-state index is -3.22. The van der Waals surface area contributed by atoms with Gasteiger partial charge < -0.3 is 10.6 Å². The van der Waals surface area contributed by atoms with E-state index >= 15 is 0 Å². The molecule has 0 saturated heterocycles. The van der Waals surface area contributed by atoms with Crippen molar-refractivity contribution in [2.75, 3.05) is 25.6 Å². The smallest absolute Gasteiger partial charge is 0.191 e. The van der Waals surface area contributed by atoms with Crippen LogP contribution in [0.25, 0.3) is 0 Å². The van der Waals surface area contributed by atoms with Crippen LogP contribution in [0, 0.1) is 5.82 Å². The summed E-state index contributed by atoms with van der Waals surface area (Å²) in [5.74, 6) is 0.373. The predicted molar refractivity (Wildman–Crippen MR) is 121 cm³/mol. The second-order valence-electron chi connectivity index (χ2n) is 7.00. The highest BCUT2D eigenvalue weighted by atomic mass is 127. The fraction of sp³-hybridized carbons (Fsp3) is 0.588. The molecule has 1 unspecified atom stereocenters. The predicted octanol–water partition coefficient (Wildman–Crippen LogP) is 2.20. The van der Waals surface area contributed by atoms with Crippen LogP contribution in [0.1, 0.15) is 31.9 Å². The number of sulfone groups is 1. The molecular formula is C17H29FIN3O3S2. The van der Waals surface area contributed by atoms with Crippen LogP contribution < -0.4 is 10.6 Å². The van der Waals surface area contributed by atoms with Gasteiger partial charge in [0, 0.05) is 47.7 Å². The second-order valence-corrected chi connectivity index (χ2v) is 11.5. The quantitative estimate of drug-likeness (QED) is 0.319. The number of aliphatic imine (C=N–C) groups is 1. The zero-order valence-electron chi connectivity index (χ0n) is 16.3. The van der Waals surface area contributed by atoms with E-state index in [1.165, 1.54) is 18.2 Å². The van der Waals surface area contributed by atoms with Crippen molar-refractivity contribution in [3.63, 3.8) is 0 Å². The average molecular weight is 533 g/mol. The molecule has 1 atom stereocenters. The van der Waals surface area contributed by atoms with Crippen molar-refractivity contribution in [2.24, 2.45) is 4.99 Å². The van der Waals surface area contributed by atoms with E-state index in [1.807, 2.05) is 20.8 Å². The van der Waals surface area contributed by atoms with E-state index < -0.39 is 26.5 Å². The normalized spacial score (nSPS) is 13.6. The van der Waals surface area contributed by atoms with Crippen molar-refractivity contribution < 1.29 is 17.0 Å². The van der Waals surface area contributed by atoms with Crippen molar-refractivity contribution in [1.82, 2.24) is 10.6 Å². The molecule has 0 aliphatic carbocycles. The van der Waals surface area contributed by atoms with Crippen LogP contribution >= 0.6 is 24.0 Å². The third-order valence-electron chi connectivity index (χ3n) is 3.52. The summed E-state index contributed by atoms with van der Waals surface area (Å²) in [5.41, 5.74) is 1.10. The number of nitrogens with zero attached hydrogens (tertiary/aromatic N) is 1. The summed E-state index contributed by atoms with van der Waals surface area (Å²) in [7, 11) is -2.60. The summed E-state index contributed by atoms with van der Waals surface area (Å²) < 4.78 is 48.4. The fourth-order valence-corrected chi connectivity index (χ4v) is 3.90. The summed E-state index contributed by atoms with van der Waals surface area (Å²) in [4.78, 5) is 4.07. The monoisotopic (exact) mass is 533 g/mol. The molecule has 0 aromatic heterocycles. The highest BCUT2D eigenvalue weighted by Crippen LogP contribution is 2.14. The molecule has 0 fully saturated rings. The van der Waals surface area contributed by atoms with Crippen LogP contribution in [0.3, 0.4) is 0 Å². The van der Waals surface area contributed by atoms with Gasteiger partial charge in [-0.05, 0) is 44.0 Å². The lowest BCUT2D eigenvalue weighted by atomic mass is 10.1. The van der Waals surface area contributed by atoms with Gasteiger partial charge >= 0.3 is 0 Å². The maximum atomic E-state index is 13.5. The first-order valence-corrected chi connectivity index (χ1v) is 11.6. The van der Waals surface area contributed by atoms with Gasteiger partial charge in [0.1, 0.15) is 5.82 Å². The summed E-state index contributed by atoms with van der Waals surface area (Å²) >= 11 is 0. The molecule has 0 aliphatic rings. The van der Waals surface area contributed by atoms with E-state index in [0.29, 0.717) is 29.4 Å². The van der Waals surface area contributed by atoms with Crippen molar-refractivity contribution >= 4 is 50.6 Å². The lowest BCUT2D eigenvalue weighted by Crippen LogP contribution is -2.40. The van der Waals surface area contributed by atoms with E-state index in [9.17, 15) is 17.0 Å². The van der Waals surface area contributed by atoms with Crippen LogP contribution in [0.4, 0.5) is 4.39 Å². The zero-order chi connectivity index (χ0) is 20.0.